The summed E-state index contributed by atoms with van der Waals surface area (Å²) < 4.78 is 66.5. The third kappa shape index (κ3) is 5.46. The Balaban J connectivity index is 1.62. The Kier molecular flexibility index (Phi) is 7.81. The molecule has 15 heteroatoms. The van der Waals surface area contributed by atoms with Crippen molar-refractivity contribution < 1.29 is 46.7 Å². The number of H-pyrrole nitrogens is 1. The summed E-state index contributed by atoms with van der Waals surface area (Å²) in [5.41, 5.74) is -1.38. The van der Waals surface area contributed by atoms with Crippen LogP contribution in [0.15, 0.2) is 17.1 Å². The van der Waals surface area contributed by atoms with Crippen LogP contribution in [0.5, 0.6) is 5.75 Å². The first kappa shape index (κ1) is 30.6. The second-order valence-electron chi connectivity index (χ2n) is 11.8. The molecule has 1 fully saturated rings. The molecule has 3 N–H and O–H groups in total. The normalized spacial score (nSPS) is 28.7. The van der Waals surface area contributed by atoms with Gasteiger partial charge in [-0.3, -0.25) is 28.2 Å². The van der Waals surface area contributed by atoms with E-state index in [1.807, 2.05) is 41.5 Å². The Labute approximate surface area is 233 Å². The number of nitrogens with zero attached hydrogens (tertiary/aromatic N) is 1. The Bertz CT molecular complexity index is 1510. The van der Waals surface area contributed by atoms with Crippen LogP contribution in [-0.4, -0.2) is 50.7 Å². The molecule has 0 amide bonds. The molecule has 2 aromatic rings. The minimum atomic E-state index is -4.58. The first-order chi connectivity index (χ1) is 18.3. The van der Waals surface area contributed by atoms with Gasteiger partial charge in [0.15, 0.2) is 17.3 Å². The lowest BCUT2D eigenvalue weighted by Gasteiger charge is -2.34. The zero-order valence-corrected chi connectivity index (χ0v) is 24.4. The average Bonchev–Trinajstić information content (AvgIpc) is 3.06. The third-order valence-corrected chi connectivity index (χ3v) is 8.29. The maximum absolute atomic E-state index is 15.8. The van der Waals surface area contributed by atoms with E-state index in [0.29, 0.717) is 11.1 Å². The van der Waals surface area contributed by atoms with Crippen molar-refractivity contribution >= 4 is 26.3 Å². The predicted octanol–water partition coefficient (Wildman–Crippen LogP) is 4.10. The molecule has 1 aromatic carbocycles. The van der Waals surface area contributed by atoms with Gasteiger partial charge in [0.2, 0.25) is 0 Å². The van der Waals surface area contributed by atoms with E-state index in [1.54, 1.807) is 6.07 Å². The van der Waals surface area contributed by atoms with Gasteiger partial charge in [-0.15, -0.1) is 0 Å². The summed E-state index contributed by atoms with van der Waals surface area (Å²) in [6.07, 6.45) is -4.74. The number of alkyl halides is 1. The second kappa shape index (κ2) is 10.2. The quantitative estimate of drug-likeness (QED) is 0.259. The molecule has 4 rings (SSSR count). The molecule has 0 aliphatic carbocycles. The number of halogens is 2. The van der Waals surface area contributed by atoms with E-state index in [9.17, 15) is 24.4 Å². The Morgan fingerprint density at radius 2 is 1.88 bits per heavy atom. The number of carbonyl (C=O) groups is 1. The van der Waals surface area contributed by atoms with Crippen LogP contribution in [0.1, 0.15) is 74.8 Å². The summed E-state index contributed by atoms with van der Waals surface area (Å²) in [5, 5.41) is 20.9. The van der Waals surface area contributed by atoms with Gasteiger partial charge in [0.25, 0.3) is 11.4 Å². The van der Waals surface area contributed by atoms with Crippen LogP contribution in [0.4, 0.5) is 8.78 Å². The van der Waals surface area contributed by atoms with E-state index in [4.69, 9.17) is 30.5 Å². The molecule has 0 radical (unpaired) electrons. The fourth-order valence-electron chi connectivity index (χ4n) is 4.41. The number of nitrogens with one attached hydrogen (secondary N) is 1. The number of aromatic amines is 1. The van der Waals surface area contributed by atoms with Crippen molar-refractivity contribution in [2.75, 3.05) is 6.61 Å². The van der Waals surface area contributed by atoms with Crippen LogP contribution < -0.4 is 10.1 Å². The summed E-state index contributed by atoms with van der Waals surface area (Å²) in [6, 6.07) is 1.63. The van der Waals surface area contributed by atoms with Crippen molar-refractivity contribution in [1.82, 2.24) is 9.55 Å². The molecular formula is C25H31F2N2O9PS. The van der Waals surface area contributed by atoms with Crippen LogP contribution in [0, 0.1) is 10.6 Å². The van der Waals surface area contributed by atoms with Crippen molar-refractivity contribution in [1.29, 1.82) is 0 Å². The molecule has 1 aromatic heterocycles. The fourth-order valence-corrected chi connectivity index (χ4v) is 5.90. The standard InChI is InChI=1S/C25H31F2N2O9PS/c1-23(2,3)14-7-15(24(4,5)6)18-13(16(14)26)10-35-39(34,38-18)36-11-25(27)19(32)17(31)21(37-25)29-8-12(9-30)20(33)28-22(29)40/h7-9,17,19,21,31-32H,10-11H2,1-6H3,(H,28,33,40)/t17-,19+,21-,25-,39?/m1/s1. The lowest BCUT2D eigenvalue weighted by atomic mass is 9.78. The number of aliphatic hydroxyl groups excluding tert-OH is 2. The number of phosphoric ester groups is 1. The summed E-state index contributed by atoms with van der Waals surface area (Å²) in [5.74, 6) is -3.79. The number of ether oxygens (including phenoxy) is 1. The molecule has 220 valence electrons. The molecule has 11 nitrogen and oxygen atoms in total. The molecule has 1 unspecified atom stereocenters. The number of aromatic nitrogens is 2. The minimum Gasteiger partial charge on any atom is -0.403 e. The van der Waals surface area contributed by atoms with Crippen LogP contribution >= 0.6 is 20.0 Å². The molecular weight excluding hydrogens is 573 g/mol. The molecule has 0 saturated carbocycles. The summed E-state index contributed by atoms with van der Waals surface area (Å²) in [7, 11) is -4.58. The van der Waals surface area contributed by atoms with E-state index in [0.717, 1.165) is 10.8 Å². The van der Waals surface area contributed by atoms with E-state index < -0.39 is 73.1 Å². The lowest BCUT2D eigenvalue weighted by Crippen LogP contribution is -2.43. The van der Waals surface area contributed by atoms with Crippen LogP contribution in [0.2, 0.25) is 0 Å². The van der Waals surface area contributed by atoms with Crippen LogP contribution in [0.25, 0.3) is 0 Å². The molecule has 0 bridgehead atoms. The van der Waals surface area contributed by atoms with E-state index in [1.165, 1.54) is 0 Å². The SMILES string of the molecule is CC(C)(C)c1cc(C(C)(C)C)c2c(c1F)COP(=O)(OC[C@@]1(F)O[C@@H](n3cc(C=O)c(=O)[nH]c3=S)[C@H](O)[C@@H]1O)O2. The van der Waals surface area contributed by atoms with Gasteiger partial charge in [-0.25, -0.2) is 13.3 Å². The van der Waals surface area contributed by atoms with Gasteiger partial charge >= 0.3 is 7.82 Å². The molecule has 0 spiro atoms. The smallest absolute Gasteiger partial charge is 0.403 e. The number of aliphatic hydroxyl groups is 2. The zero-order valence-electron chi connectivity index (χ0n) is 22.7. The molecule has 5 atom stereocenters. The van der Waals surface area contributed by atoms with Crippen molar-refractivity contribution in [2.24, 2.45) is 0 Å². The summed E-state index contributed by atoms with van der Waals surface area (Å²) in [4.78, 5) is 25.1. The predicted molar refractivity (Wildman–Crippen MR) is 140 cm³/mol. The highest BCUT2D eigenvalue weighted by Crippen LogP contribution is 2.58. The van der Waals surface area contributed by atoms with Crippen LogP contribution in [0.3, 0.4) is 0 Å². The molecule has 3 heterocycles. The largest absolute Gasteiger partial charge is 0.530 e. The van der Waals surface area contributed by atoms with Crippen molar-refractivity contribution in [3.05, 3.63) is 55.5 Å². The van der Waals surface area contributed by atoms with Gasteiger partial charge in [-0.05, 0) is 34.7 Å². The van der Waals surface area contributed by atoms with Gasteiger partial charge < -0.3 is 19.5 Å². The number of carbonyl (C=O) groups excluding carboxylic acids is 1. The second-order valence-corrected chi connectivity index (χ2v) is 13.8. The monoisotopic (exact) mass is 604 g/mol. The number of rotatable bonds is 5. The lowest BCUT2D eigenvalue weighted by molar-refractivity contribution is -0.205. The molecule has 1 saturated heterocycles. The Morgan fingerprint density at radius 1 is 1.25 bits per heavy atom. The zero-order chi connectivity index (χ0) is 30.0. The van der Waals surface area contributed by atoms with Crippen molar-refractivity contribution in [2.45, 2.75) is 83.3 Å². The van der Waals surface area contributed by atoms with Gasteiger partial charge in [0.1, 0.15) is 30.4 Å². The fraction of sp³-hybridized carbons (Fsp3) is 0.560. The number of benzene rings is 1. The maximum atomic E-state index is 15.8. The number of phosphoric acid groups is 1. The van der Waals surface area contributed by atoms with E-state index in [-0.39, 0.29) is 22.4 Å². The number of aldehydes is 1. The highest BCUT2D eigenvalue weighted by Gasteiger charge is 2.57. The van der Waals surface area contributed by atoms with Gasteiger partial charge in [0, 0.05) is 11.8 Å². The van der Waals surface area contributed by atoms with E-state index in [2.05, 4.69) is 4.98 Å². The van der Waals surface area contributed by atoms with Gasteiger partial charge in [0.05, 0.1) is 17.7 Å². The first-order valence-corrected chi connectivity index (χ1v) is 14.2. The Morgan fingerprint density at radius 3 is 2.45 bits per heavy atom. The van der Waals surface area contributed by atoms with Gasteiger partial charge in [-0.2, -0.15) is 0 Å². The highest BCUT2D eigenvalue weighted by molar-refractivity contribution is 7.71. The van der Waals surface area contributed by atoms with Crippen molar-refractivity contribution in [3.63, 3.8) is 0 Å². The van der Waals surface area contributed by atoms with Crippen molar-refractivity contribution in [3.8, 4) is 5.75 Å². The first-order valence-electron chi connectivity index (χ1n) is 12.3. The minimum absolute atomic E-state index is 0.0356. The molecule has 40 heavy (non-hydrogen) atoms. The third-order valence-electron chi connectivity index (χ3n) is 6.68. The maximum Gasteiger partial charge on any atom is 0.530 e. The van der Waals surface area contributed by atoms with Gasteiger partial charge in [-0.1, -0.05) is 41.5 Å². The average molecular weight is 605 g/mol. The number of hydrogen-bond donors (Lipinski definition) is 3. The molecule has 2 aliphatic heterocycles. The topological polar surface area (TPSA) is 149 Å². The van der Waals surface area contributed by atoms with Crippen LogP contribution in [-0.2, 0) is 35.8 Å². The number of hydrogen-bond acceptors (Lipinski definition) is 10. The summed E-state index contributed by atoms with van der Waals surface area (Å²) >= 11 is 5.01. The number of fused-ring (bicyclic) bond motifs is 1. The highest BCUT2D eigenvalue weighted by atomic mass is 32.1. The molecule has 2 aliphatic rings. The van der Waals surface area contributed by atoms with E-state index >= 15 is 8.78 Å². The Hall–Kier alpha value is -2.32. The summed E-state index contributed by atoms with van der Waals surface area (Å²) in [6.45, 7) is 9.37.